The van der Waals surface area contributed by atoms with Gasteiger partial charge in [-0.1, -0.05) is 36.4 Å². The third-order valence-electron chi connectivity index (χ3n) is 3.29. The van der Waals surface area contributed by atoms with Crippen molar-refractivity contribution >= 4 is 22.8 Å². The van der Waals surface area contributed by atoms with Gasteiger partial charge in [-0.3, -0.25) is 4.79 Å². The number of nitrogens with zero attached hydrogens (tertiary/aromatic N) is 1. The second-order valence-electron chi connectivity index (χ2n) is 4.83. The lowest BCUT2D eigenvalue weighted by Gasteiger charge is -2.04. The van der Waals surface area contributed by atoms with Gasteiger partial charge in [-0.15, -0.1) is 0 Å². The monoisotopic (exact) mass is 303 g/mol. The summed E-state index contributed by atoms with van der Waals surface area (Å²) >= 11 is 0. The molecule has 3 aromatic rings. The van der Waals surface area contributed by atoms with E-state index in [1.807, 2.05) is 48.5 Å². The van der Waals surface area contributed by atoms with E-state index in [1.54, 1.807) is 18.2 Å². The van der Waals surface area contributed by atoms with Crippen LogP contribution in [0.15, 0.2) is 65.1 Å². The van der Waals surface area contributed by atoms with Crippen LogP contribution in [0, 0.1) is 11.3 Å². The van der Waals surface area contributed by atoms with E-state index in [-0.39, 0.29) is 18.2 Å². The van der Waals surface area contributed by atoms with Crippen LogP contribution in [0.1, 0.15) is 16.1 Å². The molecule has 0 aliphatic carbocycles. The van der Waals surface area contributed by atoms with Crippen molar-refractivity contribution in [2.75, 3.05) is 6.61 Å². The summed E-state index contributed by atoms with van der Waals surface area (Å²) in [6.07, 6.45) is 3.09. The van der Waals surface area contributed by atoms with Crippen molar-refractivity contribution in [3.05, 3.63) is 72.0 Å². The van der Waals surface area contributed by atoms with E-state index in [2.05, 4.69) is 0 Å². The molecule has 1 aromatic heterocycles. The molecule has 0 aliphatic heterocycles. The van der Waals surface area contributed by atoms with Crippen molar-refractivity contribution < 1.29 is 13.9 Å². The van der Waals surface area contributed by atoms with Crippen LogP contribution in [0.25, 0.3) is 17.0 Å². The lowest BCUT2D eigenvalue weighted by atomic mass is 10.1. The number of hydrogen-bond acceptors (Lipinski definition) is 4. The van der Waals surface area contributed by atoms with Crippen molar-refractivity contribution in [3.8, 4) is 11.8 Å². The fourth-order valence-electron chi connectivity index (χ4n) is 2.21. The molecule has 112 valence electrons. The highest BCUT2D eigenvalue weighted by atomic mass is 16.5. The van der Waals surface area contributed by atoms with Crippen molar-refractivity contribution in [2.45, 2.75) is 0 Å². The van der Waals surface area contributed by atoms with E-state index in [9.17, 15) is 4.79 Å². The molecular weight excluding hydrogens is 290 g/mol. The number of benzene rings is 2. The Balaban J connectivity index is 1.82. The molecule has 0 saturated carbocycles. The van der Waals surface area contributed by atoms with Crippen molar-refractivity contribution in [1.82, 2.24) is 0 Å². The van der Waals surface area contributed by atoms with E-state index in [1.165, 1.54) is 6.08 Å². The summed E-state index contributed by atoms with van der Waals surface area (Å²) in [5.41, 5.74) is 1.41. The zero-order valence-electron chi connectivity index (χ0n) is 12.2. The number of fused-ring (bicyclic) bond motifs is 1. The second-order valence-corrected chi connectivity index (χ2v) is 4.83. The Hall–Kier alpha value is -3.32. The van der Waals surface area contributed by atoms with E-state index in [4.69, 9.17) is 14.4 Å². The molecule has 0 aliphatic rings. The zero-order chi connectivity index (χ0) is 16.1. The largest absolute Gasteiger partial charge is 0.478 e. The van der Waals surface area contributed by atoms with Gasteiger partial charge in [0.05, 0.1) is 0 Å². The Morgan fingerprint density at radius 3 is 2.78 bits per heavy atom. The third-order valence-corrected chi connectivity index (χ3v) is 3.29. The van der Waals surface area contributed by atoms with Gasteiger partial charge >= 0.3 is 0 Å². The van der Waals surface area contributed by atoms with E-state index in [0.717, 1.165) is 10.9 Å². The molecule has 1 heterocycles. The first kappa shape index (κ1) is 14.6. The van der Waals surface area contributed by atoms with Gasteiger partial charge in [0.15, 0.2) is 12.4 Å². The zero-order valence-corrected chi connectivity index (χ0v) is 12.2. The average molecular weight is 303 g/mol. The molecule has 0 amide bonds. The highest BCUT2D eigenvalue weighted by Gasteiger charge is 2.09. The smallest absolute Gasteiger partial charge is 0.221 e. The van der Waals surface area contributed by atoms with Crippen LogP contribution in [-0.2, 0) is 0 Å². The number of allylic oxidation sites excluding steroid dienone is 1. The maximum absolute atomic E-state index is 12.2. The predicted octanol–water partition coefficient (Wildman–Crippen LogP) is 4.23. The first-order chi connectivity index (χ1) is 11.3. The van der Waals surface area contributed by atoms with Crippen LogP contribution in [0.4, 0.5) is 0 Å². The molecule has 4 nitrogen and oxygen atoms in total. The third kappa shape index (κ3) is 3.30. The minimum Gasteiger partial charge on any atom is -0.478 e. The van der Waals surface area contributed by atoms with Gasteiger partial charge in [0.25, 0.3) is 0 Å². The molecule has 0 radical (unpaired) electrons. The maximum Gasteiger partial charge on any atom is 0.221 e. The molecule has 2 aromatic carbocycles. The standard InChI is InChI=1S/C19H13NO3/c20-11-12-22-17-7-3-1-5-14(17)9-10-16(21)19-13-15-6-2-4-8-18(15)23-19/h1-10,13H,12H2/b10-9+. The molecule has 0 atom stereocenters. The number of furan rings is 1. The average Bonchev–Trinajstić information content (AvgIpc) is 3.02. The Labute approximate surface area is 133 Å². The first-order valence-corrected chi connectivity index (χ1v) is 7.08. The lowest BCUT2D eigenvalue weighted by Crippen LogP contribution is -1.96. The molecule has 0 fully saturated rings. The predicted molar refractivity (Wildman–Crippen MR) is 87.1 cm³/mol. The van der Waals surface area contributed by atoms with E-state index >= 15 is 0 Å². The quantitative estimate of drug-likeness (QED) is 0.522. The fourth-order valence-corrected chi connectivity index (χ4v) is 2.21. The van der Waals surface area contributed by atoms with Crippen LogP contribution in [0.3, 0.4) is 0 Å². The number of rotatable bonds is 5. The number of nitriles is 1. The second kappa shape index (κ2) is 6.63. The SMILES string of the molecule is N#CCOc1ccccc1/C=C/C(=O)c1cc2ccccc2o1. The molecule has 0 saturated heterocycles. The number of hydrogen-bond donors (Lipinski definition) is 0. The minimum absolute atomic E-state index is 0.0393. The number of ketones is 1. The summed E-state index contributed by atoms with van der Waals surface area (Å²) < 4.78 is 10.9. The minimum atomic E-state index is -0.226. The van der Waals surface area contributed by atoms with E-state index < -0.39 is 0 Å². The summed E-state index contributed by atoms with van der Waals surface area (Å²) in [4.78, 5) is 12.2. The van der Waals surface area contributed by atoms with Gasteiger partial charge in [-0.25, -0.2) is 0 Å². The summed E-state index contributed by atoms with van der Waals surface area (Å²) in [5.74, 6) is 0.622. The molecule has 0 spiro atoms. The van der Waals surface area contributed by atoms with Crippen LogP contribution < -0.4 is 4.74 Å². The Kier molecular flexibility index (Phi) is 4.21. The maximum atomic E-state index is 12.2. The van der Waals surface area contributed by atoms with Crippen molar-refractivity contribution in [1.29, 1.82) is 5.26 Å². The van der Waals surface area contributed by atoms with Crippen LogP contribution >= 0.6 is 0 Å². The van der Waals surface area contributed by atoms with Crippen LogP contribution in [0.5, 0.6) is 5.75 Å². The normalized spacial score (nSPS) is 10.7. The van der Waals surface area contributed by atoms with Crippen LogP contribution in [0.2, 0.25) is 0 Å². The highest BCUT2D eigenvalue weighted by Crippen LogP contribution is 2.22. The van der Waals surface area contributed by atoms with E-state index in [0.29, 0.717) is 11.3 Å². The van der Waals surface area contributed by atoms with Gasteiger partial charge in [-0.2, -0.15) is 5.26 Å². The molecule has 23 heavy (non-hydrogen) atoms. The summed E-state index contributed by atoms with van der Waals surface area (Å²) in [5, 5.41) is 9.49. The molecular formula is C19H13NO3. The highest BCUT2D eigenvalue weighted by molar-refractivity contribution is 6.07. The summed E-state index contributed by atoms with van der Waals surface area (Å²) in [6, 6.07) is 18.3. The molecule has 0 unspecified atom stereocenters. The van der Waals surface area contributed by atoms with Gasteiger partial charge in [0, 0.05) is 10.9 Å². The first-order valence-electron chi connectivity index (χ1n) is 7.08. The van der Waals surface area contributed by atoms with Crippen molar-refractivity contribution in [2.24, 2.45) is 0 Å². The molecule has 4 heteroatoms. The fraction of sp³-hybridized carbons (Fsp3) is 0.0526. The van der Waals surface area contributed by atoms with Gasteiger partial charge in [-0.05, 0) is 30.4 Å². The number of para-hydroxylation sites is 2. The Morgan fingerprint density at radius 2 is 1.96 bits per heavy atom. The topological polar surface area (TPSA) is 63.2 Å². The number of carbonyl (C=O) groups is 1. The van der Waals surface area contributed by atoms with Gasteiger partial charge < -0.3 is 9.15 Å². The summed E-state index contributed by atoms with van der Waals surface area (Å²) in [7, 11) is 0. The van der Waals surface area contributed by atoms with Gasteiger partial charge in [0.2, 0.25) is 5.78 Å². The molecule has 0 bridgehead atoms. The summed E-state index contributed by atoms with van der Waals surface area (Å²) in [6.45, 7) is -0.0393. The number of ether oxygens (including phenoxy) is 1. The lowest BCUT2D eigenvalue weighted by molar-refractivity contribution is 0.102. The van der Waals surface area contributed by atoms with Gasteiger partial charge in [0.1, 0.15) is 17.4 Å². The Bertz CT molecular complexity index is 883. The molecule has 0 N–H and O–H groups in total. The Morgan fingerprint density at radius 1 is 1.17 bits per heavy atom. The molecule has 3 rings (SSSR count). The van der Waals surface area contributed by atoms with Crippen LogP contribution in [-0.4, -0.2) is 12.4 Å². The van der Waals surface area contributed by atoms with Crippen molar-refractivity contribution in [3.63, 3.8) is 0 Å². The number of carbonyl (C=O) groups excluding carboxylic acids is 1.